The number of sulfonamides is 1. The molecule has 1 heterocycles. The average molecular weight is 325 g/mol. The first-order valence-electron chi connectivity index (χ1n) is 6.66. The minimum absolute atomic E-state index is 0.259. The van der Waals surface area contributed by atoms with Gasteiger partial charge in [0.15, 0.2) is 0 Å². The summed E-state index contributed by atoms with van der Waals surface area (Å²) in [6.45, 7) is 6.32. The summed E-state index contributed by atoms with van der Waals surface area (Å²) in [5, 5.41) is 1.13. The molecule has 4 nitrogen and oxygen atoms in total. The molecule has 0 unspecified atom stereocenters. The molecule has 0 atom stereocenters. The summed E-state index contributed by atoms with van der Waals surface area (Å²) in [7, 11) is -3.53. The lowest BCUT2D eigenvalue weighted by atomic mass is 10.2. The van der Waals surface area contributed by atoms with E-state index in [-0.39, 0.29) is 4.90 Å². The van der Waals surface area contributed by atoms with Crippen molar-refractivity contribution in [3.63, 3.8) is 0 Å². The van der Waals surface area contributed by atoms with Crippen molar-refractivity contribution >= 4 is 32.5 Å². The van der Waals surface area contributed by atoms with Crippen LogP contribution in [0.2, 0.25) is 5.15 Å². The van der Waals surface area contributed by atoms with Crippen molar-refractivity contribution in [2.75, 3.05) is 13.1 Å². The van der Waals surface area contributed by atoms with Gasteiger partial charge < -0.3 is 0 Å². The Bertz CT molecular complexity index is 759. The lowest BCUT2D eigenvalue weighted by Gasteiger charge is -2.20. The normalized spacial score (nSPS) is 12.0. The Balaban J connectivity index is 2.48. The summed E-state index contributed by atoms with van der Waals surface area (Å²) in [6, 6.07) is 8.27. The summed E-state index contributed by atoms with van der Waals surface area (Å²) in [4.78, 5) is 4.42. The first-order valence-corrected chi connectivity index (χ1v) is 8.48. The molecule has 2 aromatic rings. The van der Waals surface area contributed by atoms with Crippen LogP contribution in [-0.2, 0) is 10.0 Å². The highest BCUT2D eigenvalue weighted by molar-refractivity contribution is 7.89. The summed E-state index contributed by atoms with van der Waals surface area (Å²) in [6.07, 6.45) is 2.34. The number of fused-ring (bicyclic) bond motifs is 1. The number of pyridine rings is 1. The van der Waals surface area contributed by atoms with Gasteiger partial charge in [-0.25, -0.2) is 13.4 Å². The first kappa shape index (κ1) is 15.9. The van der Waals surface area contributed by atoms with Crippen LogP contribution in [0.5, 0.6) is 0 Å². The number of aromatic nitrogens is 1. The molecule has 0 fully saturated rings. The van der Waals surface area contributed by atoms with E-state index in [1.165, 1.54) is 4.31 Å². The molecule has 112 valence electrons. The van der Waals surface area contributed by atoms with Crippen LogP contribution in [-0.4, -0.2) is 30.8 Å². The zero-order valence-electron chi connectivity index (χ0n) is 11.8. The van der Waals surface area contributed by atoms with Crippen LogP contribution in [0.15, 0.2) is 47.9 Å². The van der Waals surface area contributed by atoms with Gasteiger partial charge in [-0.1, -0.05) is 24.6 Å². The van der Waals surface area contributed by atoms with Gasteiger partial charge in [0.1, 0.15) is 5.15 Å². The Hall–Kier alpha value is -1.43. The molecule has 0 bridgehead atoms. The second-order valence-corrected chi connectivity index (χ2v) is 6.97. The van der Waals surface area contributed by atoms with E-state index >= 15 is 0 Å². The van der Waals surface area contributed by atoms with Gasteiger partial charge in [0.2, 0.25) is 10.0 Å². The third kappa shape index (κ3) is 3.43. The predicted molar refractivity (Wildman–Crippen MR) is 86.0 cm³/mol. The quantitative estimate of drug-likeness (QED) is 0.604. The summed E-state index contributed by atoms with van der Waals surface area (Å²) in [5.74, 6) is 0. The second-order valence-electron chi connectivity index (χ2n) is 4.64. The van der Waals surface area contributed by atoms with E-state index in [1.54, 1.807) is 36.4 Å². The van der Waals surface area contributed by atoms with Crippen molar-refractivity contribution in [1.82, 2.24) is 9.29 Å². The van der Waals surface area contributed by atoms with Crippen molar-refractivity contribution in [1.29, 1.82) is 0 Å². The van der Waals surface area contributed by atoms with Crippen LogP contribution in [0.4, 0.5) is 0 Å². The van der Waals surface area contributed by atoms with Gasteiger partial charge in [-0.15, -0.1) is 6.58 Å². The van der Waals surface area contributed by atoms with E-state index in [2.05, 4.69) is 11.6 Å². The standard InChI is InChI=1S/C15H17ClN2O2S/c1-3-9-18(10-4-2)21(19,20)13-6-7-14-12(11-13)5-8-15(16)17-14/h3,5-8,11H,1,4,9-10H2,2H3. The Kier molecular flexibility index (Phi) is 4.98. The fourth-order valence-electron chi connectivity index (χ4n) is 2.09. The molecule has 0 saturated heterocycles. The van der Waals surface area contributed by atoms with Crippen molar-refractivity contribution in [3.8, 4) is 0 Å². The van der Waals surface area contributed by atoms with E-state index in [0.29, 0.717) is 23.8 Å². The van der Waals surface area contributed by atoms with E-state index < -0.39 is 10.0 Å². The monoisotopic (exact) mass is 324 g/mol. The Morgan fingerprint density at radius 3 is 2.76 bits per heavy atom. The predicted octanol–water partition coefficient (Wildman–Crippen LogP) is 3.47. The van der Waals surface area contributed by atoms with Gasteiger partial charge in [0.25, 0.3) is 0 Å². The maximum atomic E-state index is 12.7. The molecule has 0 aliphatic rings. The van der Waals surface area contributed by atoms with E-state index in [0.717, 1.165) is 11.8 Å². The van der Waals surface area contributed by atoms with E-state index in [4.69, 9.17) is 11.6 Å². The molecule has 0 spiro atoms. The average Bonchev–Trinajstić information content (AvgIpc) is 2.46. The smallest absolute Gasteiger partial charge is 0.236 e. The second kappa shape index (κ2) is 6.56. The number of nitrogens with zero attached hydrogens (tertiary/aromatic N) is 2. The fraction of sp³-hybridized carbons (Fsp3) is 0.267. The summed E-state index contributed by atoms with van der Waals surface area (Å²) < 4.78 is 26.7. The summed E-state index contributed by atoms with van der Waals surface area (Å²) in [5.41, 5.74) is 0.673. The van der Waals surface area contributed by atoms with Gasteiger partial charge >= 0.3 is 0 Å². The number of halogens is 1. The Morgan fingerprint density at radius 1 is 1.33 bits per heavy atom. The molecule has 0 saturated carbocycles. The van der Waals surface area contributed by atoms with Crippen molar-refractivity contribution in [2.45, 2.75) is 18.2 Å². The molecule has 0 amide bonds. The Morgan fingerprint density at radius 2 is 2.10 bits per heavy atom. The SMILES string of the molecule is C=CCN(CCC)S(=O)(=O)c1ccc2nc(Cl)ccc2c1. The molecule has 1 aromatic heterocycles. The fourth-order valence-corrected chi connectivity index (χ4v) is 3.78. The third-order valence-corrected chi connectivity index (χ3v) is 5.14. The lowest BCUT2D eigenvalue weighted by molar-refractivity contribution is 0.441. The van der Waals surface area contributed by atoms with Crippen LogP contribution in [0.3, 0.4) is 0 Å². The van der Waals surface area contributed by atoms with Crippen LogP contribution in [0.1, 0.15) is 13.3 Å². The van der Waals surface area contributed by atoms with Crippen molar-refractivity contribution in [3.05, 3.63) is 48.1 Å². The van der Waals surface area contributed by atoms with Crippen molar-refractivity contribution < 1.29 is 8.42 Å². The first-order chi connectivity index (χ1) is 9.98. The van der Waals surface area contributed by atoms with Crippen molar-refractivity contribution in [2.24, 2.45) is 0 Å². The highest BCUT2D eigenvalue weighted by Gasteiger charge is 2.22. The van der Waals surface area contributed by atoms with Crippen LogP contribution in [0.25, 0.3) is 10.9 Å². The lowest BCUT2D eigenvalue weighted by Crippen LogP contribution is -2.32. The minimum atomic E-state index is -3.53. The zero-order valence-corrected chi connectivity index (χ0v) is 13.4. The maximum absolute atomic E-state index is 12.7. The van der Waals surface area contributed by atoms with E-state index in [1.807, 2.05) is 6.92 Å². The highest BCUT2D eigenvalue weighted by atomic mass is 35.5. The number of benzene rings is 1. The van der Waals surface area contributed by atoms with Gasteiger partial charge in [-0.05, 0) is 36.8 Å². The molecular weight excluding hydrogens is 308 g/mol. The topological polar surface area (TPSA) is 50.3 Å². The van der Waals surface area contributed by atoms with Gasteiger partial charge in [-0.3, -0.25) is 0 Å². The highest BCUT2D eigenvalue weighted by Crippen LogP contribution is 2.22. The molecule has 1 aromatic carbocycles. The largest absolute Gasteiger partial charge is 0.243 e. The minimum Gasteiger partial charge on any atom is -0.236 e. The molecule has 21 heavy (non-hydrogen) atoms. The van der Waals surface area contributed by atoms with Gasteiger partial charge in [-0.2, -0.15) is 4.31 Å². The molecule has 0 aliphatic carbocycles. The van der Waals surface area contributed by atoms with Crippen LogP contribution >= 0.6 is 11.6 Å². The van der Waals surface area contributed by atoms with Gasteiger partial charge in [0.05, 0.1) is 10.4 Å². The number of hydrogen-bond acceptors (Lipinski definition) is 3. The van der Waals surface area contributed by atoms with Crippen LogP contribution in [0, 0.1) is 0 Å². The maximum Gasteiger partial charge on any atom is 0.243 e. The third-order valence-electron chi connectivity index (χ3n) is 3.07. The molecular formula is C15H17ClN2O2S. The van der Waals surface area contributed by atoms with E-state index in [9.17, 15) is 8.42 Å². The zero-order chi connectivity index (χ0) is 15.5. The Labute approximate surface area is 130 Å². The molecule has 2 rings (SSSR count). The molecule has 0 radical (unpaired) electrons. The number of rotatable bonds is 6. The van der Waals surface area contributed by atoms with Crippen LogP contribution < -0.4 is 0 Å². The number of hydrogen-bond donors (Lipinski definition) is 0. The molecule has 0 aliphatic heterocycles. The van der Waals surface area contributed by atoms with Gasteiger partial charge in [0, 0.05) is 18.5 Å². The molecule has 0 N–H and O–H groups in total. The summed E-state index contributed by atoms with van der Waals surface area (Å²) >= 11 is 5.83. The molecule has 6 heteroatoms.